The van der Waals surface area contributed by atoms with E-state index >= 15 is 0 Å². The van der Waals surface area contributed by atoms with Crippen LogP contribution in [0.15, 0.2) is 24.5 Å². The molecule has 2 heterocycles. The Morgan fingerprint density at radius 2 is 1.94 bits per heavy atom. The van der Waals surface area contributed by atoms with Crippen LogP contribution in [0.25, 0.3) is 11.2 Å². The maximum absolute atomic E-state index is 10.2. The van der Waals surface area contributed by atoms with Gasteiger partial charge in [-0.1, -0.05) is 18.9 Å². The minimum atomic E-state index is -1.09. The molecule has 1 atom stereocenters. The van der Waals surface area contributed by atoms with E-state index in [1.54, 1.807) is 27.5 Å². The van der Waals surface area contributed by atoms with Crippen LogP contribution in [0.3, 0.4) is 0 Å². The van der Waals surface area contributed by atoms with Gasteiger partial charge in [0.15, 0.2) is 28.5 Å². The Hall–Kier alpha value is -3.31. The third-order valence-electron chi connectivity index (χ3n) is 5.02. The molecule has 2 aromatic heterocycles. The monoisotopic (exact) mass is 423 g/mol. The molecule has 0 aliphatic carbocycles. The Labute approximate surface area is 182 Å². The number of benzene rings is 1. The van der Waals surface area contributed by atoms with Gasteiger partial charge in [0.25, 0.3) is 0 Å². The zero-order valence-corrected chi connectivity index (χ0v) is 18.9. The minimum absolute atomic E-state index is 0.179. The van der Waals surface area contributed by atoms with Gasteiger partial charge in [0.2, 0.25) is 5.82 Å². The highest BCUT2D eigenvalue weighted by Gasteiger charge is 2.16. The first-order chi connectivity index (χ1) is 14.8. The number of imidazole rings is 1. The number of nitrogens with zero attached hydrogens (tertiary/aromatic N) is 4. The highest BCUT2D eigenvalue weighted by atomic mass is 16.5. The number of rotatable bonds is 7. The molecule has 0 saturated heterocycles. The Kier molecular flexibility index (Phi) is 6.66. The van der Waals surface area contributed by atoms with Crippen molar-refractivity contribution in [2.45, 2.75) is 52.3 Å². The minimum Gasteiger partial charge on any atom is -0.493 e. The predicted molar refractivity (Wildman–Crippen MR) is 120 cm³/mol. The third kappa shape index (κ3) is 5.06. The van der Waals surface area contributed by atoms with Crippen molar-refractivity contribution >= 4 is 17.0 Å². The second-order valence-electron chi connectivity index (χ2n) is 7.73. The number of anilines is 1. The van der Waals surface area contributed by atoms with E-state index in [1.165, 1.54) is 0 Å². The molecule has 3 aromatic rings. The molecule has 0 amide bonds. The number of fused-ring (bicyclic) bond motifs is 1. The van der Waals surface area contributed by atoms with Crippen LogP contribution in [-0.4, -0.2) is 44.4 Å². The van der Waals surface area contributed by atoms with E-state index < -0.39 is 5.60 Å². The van der Waals surface area contributed by atoms with E-state index in [4.69, 9.17) is 9.47 Å². The lowest BCUT2D eigenvalue weighted by Gasteiger charge is -2.13. The van der Waals surface area contributed by atoms with E-state index in [9.17, 15) is 5.11 Å². The van der Waals surface area contributed by atoms with Crippen LogP contribution >= 0.6 is 0 Å². The number of hydrogen-bond donors (Lipinski definition) is 2. The summed E-state index contributed by atoms with van der Waals surface area (Å²) in [7, 11) is 3.22. The largest absolute Gasteiger partial charge is 0.493 e. The van der Waals surface area contributed by atoms with E-state index in [2.05, 4.69) is 46.0 Å². The summed E-state index contributed by atoms with van der Waals surface area (Å²) in [5.74, 6) is 8.02. The van der Waals surface area contributed by atoms with Crippen molar-refractivity contribution in [1.29, 1.82) is 0 Å². The molecule has 0 saturated carbocycles. The molecule has 0 aliphatic rings. The zero-order chi connectivity index (χ0) is 22.6. The number of aliphatic hydroxyl groups is 1. The maximum atomic E-state index is 10.2. The van der Waals surface area contributed by atoms with Gasteiger partial charge in [-0.15, -0.1) is 0 Å². The van der Waals surface area contributed by atoms with Gasteiger partial charge in [0.1, 0.15) is 5.60 Å². The first kappa shape index (κ1) is 22.4. The first-order valence-corrected chi connectivity index (χ1v) is 10.2. The maximum Gasteiger partial charge on any atom is 0.209 e. The van der Waals surface area contributed by atoms with E-state index in [0.717, 1.165) is 5.56 Å². The molecule has 164 valence electrons. The van der Waals surface area contributed by atoms with Crippen LogP contribution in [0.2, 0.25) is 0 Å². The quantitative estimate of drug-likeness (QED) is 0.561. The lowest BCUT2D eigenvalue weighted by Crippen LogP contribution is -2.19. The SMILES string of the molecule is CC[C@@](C)(O)C#Cc1nc(NCc2ccc(OC)c(OC)c2)c2ncn(C(C)C)c2n1. The fourth-order valence-corrected chi connectivity index (χ4v) is 2.93. The van der Waals surface area contributed by atoms with Gasteiger partial charge in [0.05, 0.1) is 20.5 Å². The number of hydrogen-bond acceptors (Lipinski definition) is 7. The lowest BCUT2D eigenvalue weighted by molar-refractivity contribution is 0.118. The summed E-state index contributed by atoms with van der Waals surface area (Å²) in [6.45, 7) is 8.18. The van der Waals surface area contributed by atoms with Crippen LogP contribution in [0.4, 0.5) is 5.82 Å². The zero-order valence-electron chi connectivity index (χ0n) is 18.9. The van der Waals surface area contributed by atoms with Gasteiger partial charge in [-0.05, 0) is 50.8 Å². The van der Waals surface area contributed by atoms with E-state index in [0.29, 0.717) is 47.3 Å². The fourth-order valence-electron chi connectivity index (χ4n) is 2.93. The Bertz CT molecular complexity index is 1130. The van der Waals surface area contributed by atoms with Gasteiger partial charge in [-0.2, -0.15) is 0 Å². The molecule has 1 aromatic carbocycles. The van der Waals surface area contributed by atoms with Crippen molar-refractivity contribution in [1.82, 2.24) is 19.5 Å². The molecule has 8 nitrogen and oxygen atoms in total. The van der Waals surface area contributed by atoms with Crippen LogP contribution in [0.1, 0.15) is 51.5 Å². The van der Waals surface area contributed by atoms with Crippen molar-refractivity contribution < 1.29 is 14.6 Å². The average Bonchev–Trinajstić information content (AvgIpc) is 3.20. The molecular formula is C23H29N5O3. The second-order valence-corrected chi connectivity index (χ2v) is 7.73. The average molecular weight is 424 g/mol. The number of aromatic nitrogens is 4. The summed E-state index contributed by atoms with van der Waals surface area (Å²) in [6.07, 6.45) is 2.27. The third-order valence-corrected chi connectivity index (χ3v) is 5.02. The Morgan fingerprint density at radius 3 is 2.58 bits per heavy atom. The molecule has 0 aliphatic heterocycles. The molecule has 0 unspecified atom stereocenters. The number of methoxy groups -OCH3 is 2. The highest BCUT2D eigenvalue weighted by Crippen LogP contribution is 2.28. The standard InChI is InChI=1S/C23H29N5O3/c1-7-23(4,29)11-10-19-26-21(20-22(27-19)28(14-25-20)15(2)3)24-13-16-8-9-17(30-5)18(12-16)31-6/h8-9,12,14-15,29H,7,13H2,1-6H3,(H,24,26,27)/t23-/m1/s1. The summed E-state index contributed by atoms with van der Waals surface area (Å²) in [6, 6.07) is 5.91. The summed E-state index contributed by atoms with van der Waals surface area (Å²) in [5, 5.41) is 13.6. The smallest absolute Gasteiger partial charge is 0.209 e. The molecule has 0 spiro atoms. The second kappa shape index (κ2) is 9.23. The topological polar surface area (TPSA) is 94.3 Å². The molecule has 3 rings (SSSR count). The van der Waals surface area contributed by atoms with Gasteiger partial charge < -0.3 is 24.5 Å². The molecule has 0 bridgehead atoms. The van der Waals surface area contributed by atoms with Gasteiger partial charge in [-0.25, -0.2) is 15.0 Å². The number of nitrogens with one attached hydrogen (secondary N) is 1. The summed E-state index contributed by atoms with van der Waals surface area (Å²) in [4.78, 5) is 13.7. The summed E-state index contributed by atoms with van der Waals surface area (Å²) >= 11 is 0. The highest BCUT2D eigenvalue weighted by molar-refractivity contribution is 5.83. The summed E-state index contributed by atoms with van der Waals surface area (Å²) < 4.78 is 12.7. The van der Waals surface area contributed by atoms with Gasteiger partial charge in [0, 0.05) is 12.6 Å². The number of ether oxygens (including phenoxy) is 2. The van der Waals surface area contributed by atoms with E-state index in [1.807, 2.05) is 29.7 Å². The summed E-state index contributed by atoms with van der Waals surface area (Å²) in [5.41, 5.74) is 1.26. The van der Waals surface area contributed by atoms with E-state index in [-0.39, 0.29) is 6.04 Å². The van der Waals surface area contributed by atoms with Crippen molar-refractivity contribution in [3.05, 3.63) is 35.9 Å². The van der Waals surface area contributed by atoms with Gasteiger partial charge >= 0.3 is 0 Å². The molecule has 0 fully saturated rings. The van der Waals surface area contributed by atoms with Gasteiger partial charge in [-0.3, -0.25) is 0 Å². The molecular weight excluding hydrogens is 394 g/mol. The van der Waals surface area contributed by atoms with Crippen molar-refractivity contribution in [3.8, 4) is 23.3 Å². The molecule has 2 N–H and O–H groups in total. The molecule has 31 heavy (non-hydrogen) atoms. The molecule has 0 radical (unpaired) electrons. The van der Waals surface area contributed by atoms with Crippen molar-refractivity contribution in [2.75, 3.05) is 19.5 Å². The molecule has 8 heteroatoms. The van der Waals surface area contributed by atoms with Crippen LogP contribution < -0.4 is 14.8 Å². The Morgan fingerprint density at radius 1 is 1.19 bits per heavy atom. The van der Waals surface area contributed by atoms with Crippen LogP contribution in [0, 0.1) is 11.8 Å². The van der Waals surface area contributed by atoms with Crippen molar-refractivity contribution in [2.24, 2.45) is 0 Å². The fraction of sp³-hybridized carbons (Fsp3) is 0.435. The van der Waals surface area contributed by atoms with Crippen molar-refractivity contribution in [3.63, 3.8) is 0 Å². The normalized spacial score (nSPS) is 12.9. The van der Waals surface area contributed by atoms with Crippen LogP contribution in [0.5, 0.6) is 11.5 Å². The first-order valence-electron chi connectivity index (χ1n) is 10.2. The lowest BCUT2D eigenvalue weighted by atomic mass is 10.1. The predicted octanol–water partition coefficient (Wildman–Crippen LogP) is 3.55. The Balaban J connectivity index is 1.98. The van der Waals surface area contributed by atoms with Crippen LogP contribution in [-0.2, 0) is 6.54 Å².